The highest BCUT2D eigenvalue weighted by atomic mass is 19.1. The van der Waals surface area contributed by atoms with Crippen molar-refractivity contribution in [1.29, 1.82) is 0 Å². The lowest BCUT2D eigenvalue weighted by Gasteiger charge is -2.39. The number of pyridine rings is 1. The Morgan fingerprint density at radius 3 is 2.55 bits per heavy atom. The van der Waals surface area contributed by atoms with Crippen LogP contribution in [0.15, 0.2) is 23.9 Å². The van der Waals surface area contributed by atoms with Gasteiger partial charge in [0.15, 0.2) is 0 Å². The van der Waals surface area contributed by atoms with Gasteiger partial charge in [0, 0.05) is 51.0 Å². The summed E-state index contributed by atoms with van der Waals surface area (Å²) in [5, 5.41) is 8.94. The van der Waals surface area contributed by atoms with Crippen LogP contribution >= 0.6 is 0 Å². The highest BCUT2D eigenvalue weighted by molar-refractivity contribution is 5.94. The van der Waals surface area contributed by atoms with Crippen LogP contribution in [0.4, 0.5) is 10.1 Å². The van der Waals surface area contributed by atoms with Crippen molar-refractivity contribution in [2.75, 3.05) is 38.1 Å². The van der Waals surface area contributed by atoms with Crippen LogP contribution in [0.1, 0.15) is 56.9 Å². The van der Waals surface area contributed by atoms with Crippen LogP contribution < -0.4 is 20.9 Å². The molecule has 3 N–H and O–H groups in total. The topological polar surface area (TPSA) is 89.6 Å². The van der Waals surface area contributed by atoms with Crippen LogP contribution in [0, 0.1) is 11.9 Å². The van der Waals surface area contributed by atoms with Gasteiger partial charge in [-0.2, -0.15) is 4.39 Å². The van der Waals surface area contributed by atoms with Crippen molar-refractivity contribution in [1.82, 2.24) is 25.8 Å². The third kappa shape index (κ3) is 5.63. The number of rotatable bonds is 5. The molecular formula is C24H37FN6O2. The van der Waals surface area contributed by atoms with E-state index in [-0.39, 0.29) is 17.8 Å². The van der Waals surface area contributed by atoms with Crippen LogP contribution in [-0.4, -0.2) is 67.1 Å². The van der Waals surface area contributed by atoms with Crippen LogP contribution in [0.5, 0.6) is 0 Å². The maximum atomic E-state index is 14.5. The average molecular weight is 461 g/mol. The number of hydrogen-bond acceptors (Lipinski definition) is 6. The summed E-state index contributed by atoms with van der Waals surface area (Å²) in [6.45, 7) is 9.15. The third-order valence-electron chi connectivity index (χ3n) is 6.77. The SMILES string of the molecule is CC.CCC1=CNC(C2CC[C@H](N3CCN(c4ccc(C(=O)NC)nc4F)CC3)C2)NC1=O. The second kappa shape index (κ2) is 11.4. The molecule has 33 heavy (non-hydrogen) atoms. The molecule has 4 rings (SSSR count). The van der Waals surface area contributed by atoms with Crippen LogP contribution in [0.25, 0.3) is 0 Å². The van der Waals surface area contributed by atoms with Gasteiger partial charge in [0.2, 0.25) is 11.9 Å². The van der Waals surface area contributed by atoms with Crippen molar-refractivity contribution < 1.29 is 14.0 Å². The first kappa shape index (κ1) is 25.0. The smallest absolute Gasteiger partial charge is 0.269 e. The minimum atomic E-state index is -0.603. The molecule has 1 aliphatic carbocycles. The molecule has 1 saturated heterocycles. The molecule has 1 aromatic rings. The maximum Gasteiger partial charge on any atom is 0.269 e. The molecule has 2 fully saturated rings. The van der Waals surface area contributed by atoms with Gasteiger partial charge in [-0.25, -0.2) is 4.98 Å². The van der Waals surface area contributed by atoms with Gasteiger partial charge in [0.1, 0.15) is 11.9 Å². The quantitative estimate of drug-likeness (QED) is 0.584. The van der Waals surface area contributed by atoms with E-state index in [0.29, 0.717) is 17.6 Å². The fraction of sp³-hybridized carbons (Fsp3) is 0.625. The molecule has 0 radical (unpaired) electrons. The third-order valence-corrected chi connectivity index (χ3v) is 6.77. The van der Waals surface area contributed by atoms with Crippen molar-refractivity contribution in [3.63, 3.8) is 0 Å². The Kier molecular flexibility index (Phi) is 8.66. The molecule has 3 aliphatic rings. The molecule has 9 heteroatoms. The van der Waals surface area contributed by atoms with E-state index < -0.39 is 11.9 Å². The van der Waals surface area contributed by atoms with E-state index in [1.165, 1.54) is 7.05 Å². The number of nitrogens with one attached hydrogen (secondary N) is 3. The number of carbonyl (C=O) groups is 2. The van der Waals surface area contributed by atoms with E-state index >= 15 is 0 Å². The minimum absolute atomic E-state index is 0.00750. The van der Waals surface area contributed by atoms with Crippen molar-refractivity contribution >= 4 is 17.5 Å². The summed E-state index contributed by atoms with van der Waals surface area (Å²) in [4.78, 5) is 32.1. The molecule has 1 aromatic heterocycles. The summed E-state index contributed by atoms with van der Waals surface area (Å²) in [7, 11) is 1.50. The Labute approximate surface area is 196 Å². The molecular weight excluding hydrogens is 423 g/mol. The zero-order chi connectivity index (χ0) is 24.0. The number of anilines is 1. The van der Waals surface area contributed by atoms with Gasteiger partial charge < -0.3 is 20.9 Å². The van der Waals surface area contributed by atoms with Crippen LogP contribution in [-0.2, 0) is 4.79 Å². The van der Waals surface area contributed by atoms with Crippen LogP contribution in [0.3, 0.4) is 0 Å². The molecule has 2 unspecified atom stereocenters. The second-order valence-corrected chi connectivity index (χ2v) is 8.48. The van der Waals surface area contributed by atoms with E-state index in [9.17, 15) is 14.0 Å². The summed E-state index contributed by atoms with van der Waals surface area (Å²) in [5.74, 6) is -0.535. The highest BCUT2D eigenvalue weighted by Gasteiger charge is 2.36. The Bertz CT molecular complexity index is 869. The standard InChI is InChI=1S/C22H31FN6O2.C2H6/c1-3-14-13-25-20(27-21(14)30)15-4-5-16(12-15)28-8-10-29(11-9-28)18-7-6-17(22(31)24-2)26-19(18)23;1-2/h6-7,13,15-16,20,25H,3-5,8-12H2,1-2H3,(H,24,31)(H,27,30);1-2H3/t15?,16-,20?;/m0./s1. The summed E-state index contributed by atoms with van der Waals surface area (Å²) >= 11 is 0. The fourth-order valence-corrected chi connectivity index (χ4v) is 4.92. The number of aromatic nitrogens is 1. The average Bonchev–Trinajstić information content (AvgIpc) is 3.35. The lowest BCUT2D eigenvalue weighted by Crippen LogP contribution is -2.53. The predicted octanol–water partition coefficient (Wildman–Crippen LogP) is 2.24. The van der Waals surface area contributed by atoms with Gasteiger partial charge in [-0.1, -0.05) is 20.8 Å². The van der Waals surface area contributed by atoms with Gasteiger partial charge in [0.05, 0.1) is 5.69 Å². The van der Waals surface area contributed by atoms with E-state index in [1.807, 2.05) is 31.9 Å². The molecule has 1 saturated carbocycles. The van der Waals surface area contributed by atoms with Gasteiger partial charge in [-0.15, -0.1) is 0 Å². The number of piperazine rings is 1. The van der Waals surface area contributed by atoms with E-state index in [0.717, 1.165) is 57.4 Å². The van der Waals surface area contributed by atoms with Gasteiger partial charge >= 0.3 is 0 Å². The molecule has 2 aliphatic heterocycles. The van der Waals surface area contributed by atoms with Gasteiger partial charge in [-0.05, 0) is 43.7 Å². The zero-order valence-corrected chi connectivity index (χ0v) is 20.2. The molecule has 8 nitrogen and oxygen atoms in total. The largest absolute Gasteiger partial charge is 0.371 e. The number of amides is 2. The fourth-order valence-electron chi connectivity index (χ4n) is 4.92. The normalized spacial score (nSPS) is 25.4. The van der Waals surface area contributed by atoms with E-state index in [2.05, 4.69) is 25.8 Å². The molecule has 0 bridgehead atoms. The van der Waals surface area contributed by atoms with Crippen molar-refractivity contribution in [3.8, 4) is 0 Å². The first-order valence-corrected chi connectivity index (χ1v) is 12.1. The highest BCUT2D eigenvalue weighted by Crippen LogP contribution is 2.33. The number of halogens is 1. The van der Waals surface area contributed by atoms with Gasteiger partial charge in [-0.3, -0.25) is 14.5 Å². The number of carbonyl (C=O) groups excluding carboxylic acids is 2. The van der Waals surface area contributed by atoms with Gasteiger partial charge in [0.25, 0.3) is 5.91 Å². The molecule has 0 aromatic carbocycles. The monoisotopic (exact) mass is 460 g/mol. The Hall–Kier alpha value is -2.68. The first-order chi connectivity index (χ1) is 16.0. The van der Waals surface area contributed by atoms with Crippen LogP contribution in [0.2, 0.25) is 0 Å². The summed E-state index contributed by atoms with van der Waals surface area (Å²) in [6, 6.07) is 3.69. The molecule has 182 valence electrons. The minimum Gasteiger partial charge on any atom is -0.371 e. The van der Waals surface area contributed by atoms with E-state index in [1.54, 1.807) is 12.1 Å². The Morgan fingerprint density at radius 1 is 1.21 bits per heavy atom. The van der Waals surface area contributed by atoms with E-state index in [4.69, 9.17) is 0 Å². The maximum absolute atomic E-state index is 14.5. The molecule has 3 atom stereocenters. The van der Waals surface area contributed by atoms with Crippen molar-refractivity contribution in [2.24, 2.45) is 5.92 Å². The number of nitrogens with zero attached hydrogens (tertiary/aromatic N) is 3. The summed E-state index contributed by atoms with van der Waals surface area (Å²) < 4.78 is 14.5. The Morgan fingerprint density at radius 2 is 1.94 bits per heavy atom. The Balaban J connectivity index is 0.00000149. The lowest BCUT2D eigenvalue weighted by atomic mass is 10.0. The summed E-state index contributed by atoms with van der Waals surface area (Å²) in [6.07, 6.45) is 5.84. The summed E-state index contributed by atoms with van der Waals surface area (Å²) in [5.41, 5.74) is 1.33. The van der Waals surface area contributed by atoms with Crippen molar-refractivity contribution in [3.05, 3.63) is 35.5 Å². The second-order valence-electron chi connectivity index (χ2n) is 8.48. The zero-order valence-electron chi connectivity index (χ0n) is 20.2. The lowest BCUT2D eigenvalue weighted by molar-refractivity contribution is -0.119. The number of hydrogen-bond donors (Lipinski definition) is 3. The predicted molar refractivity (Wildman–Crippen MR) is 127 cm³/mol. The molecule has 0 spiro atoms. The van der Waals surface area contributed by atoms with Crippen molar-refractivity contribution in [2.45, 2.75) is 58.7 Å². The molecule has 3 heterocycles. The first-order valence-electron chi connectivity index (χ1n) is 12.1. The molecule has 2 amide bonds.